The molecule has 2 aromatic carbocycles. The molecule has 1 N–H and O–H groups in total. The van der Waals surface area contributed by atoms with E-state index in [1.807, 2.05) is 51.1 Å². The first-order chi connectivity index (χ1) is 12.9. The van der Waals surface area contributed by atoms with Crippen molar-refractivity contribution >= 4 is 44.5 Å². The average Bonchev–Trinajstić information content (AvgIpc) is 3.15. The van der Waals surface area contributed by atoms with Crippen molar-refractivity contribution in [2.75, 3.05) is 0 Å². The van der Waals surface area contributed by atoms with E-state index in [0.29, 0.717) is 15.7 Å². The number of aryl methyl sites for hydroxylation is 3. The molecule has 0 fully saturated rings. The second kappa shape index (κ2) is 6.79. The van der Waals surface area contributed by atoms with Crippen LogP contribution in [0.25, 0.3) is 15.9 Å². The summed E-state index contributed by atoms with van der Waals surface area (Å²) >= 11 is 7.45. The summed E-state index contributed by atoms with van der Waals surface area (Å²) in [6.07, 6.45) is 1.57. The van der Waals surface area contributed by atoms with Crippen molar-refractivity contribution < 1.29 is 0 Å². The van der Waals surface area contributed by atoms with E-state index in [-0.39, 0.29) is 5.56 Å². The zero-order chi connectivity index (χ0) is 19.1. The van der Waals surface area contributed by atoms with Crippen LogP contribution in [0, 0.1) is 20.8 Å². The summed E-state index contributed by atoms with van der Waals surface area (Å²) in [6, 6.07) is 11.5. The van der Waals surface area contributed by atoms with Gasteiger partial charge in [0, 0.05) is 16.9 Å². The maximum Gasteiger partial charge on any atom is 0.280 e. The molecule has 0 saturated carbocycles. The Labute approximate surface area is 165 Å². The molecule has 4 rings (SSSR count). The van der Waals surface area contributed by atoms with Crippen LogP contribution in [-0.2, 0) is 0 Å². The number of aliphatic imine (C=N–C) groups is 1. The number of rotatable bonds is 3. The first-order valence-electron chi connectivity index (χ1n) is 8.42. The van der Waals surface area contributed by atoms with Crippen LogP contribution in [0.5, 0.6) is 0 Å². The lowest BCUT2D eigenvalue weighted by molar-refractivity contribution is 0.833. The molecule has 2 heterocycles. The molecule has 7 heteroatoms. The SMILES string of the molecule is Cc1ccc(-n2[nH]c(C)c(C=Nc3nc4ccc(Cl)cc4s3)c2=O)cc1C. The fourth-order valence-corrected chi connectivity index (χ4v) is 3.91. The van der Waals surface area contributed by atoms with Crippen LogP contribution < -0.4 is 5.56 Å². The van der Waals surface area contributed by atoms with Gasteiger partial charge in [0.1, 0.15) is 0 Å². The highest BCUT2D eigenvalue weighted by molar-refractivity contribution is 7.22. The lowest BCUT2D eigenvalue weighted by Gasteiger charge is -2.05. The van der Waals surface area contributed by atoms with E-state index in [1.54, 1.807) is 17.0 Å². The number of fused-ring (bicyclic) bond motifs is 1. The first kappa shape index (κ1) is 17.7. The van der Waals surface area contributed by atoms with E-state index in [2.05, 4.69) is 15.1 Å². The number of aromatic amines is 1. The highest BCUT2D eigenvalue weighted by Gasteiger charge is 2.12. The molecule has 2 aromatic heterocycles. The van der Waals surface area contributed by atoms with Gasteiger partial charge < -0.3 is 0 Å². The predicted molar refractivity (Wildman–Crippen MR) is 112 cm³/mol. The van der Waals surface area contributed by atoms with E-state index >= 15 is 0 Å². The monoisotopic (exact) mass is 396 g/mol. The lowest BCUT2D eigenvalue weighted by atomic mass is 10.1. The van der Waals surface area contributed by atoms with Gasteiger partial charge in [0.25, 0.3) is 5.56 Å². The van der Waals surface area contributed by atoms with Gasteiger partial charge in [-0.25, -0.2) is 14.7 Å². The van der Waals surface area contributed by atoms with E-state index in [9.17, 15) is 4.79 Å². The van der Waals surface area contributed by atoms with Crippen LogP contribution in [0.1, 0.15) is 22.4 Å². The fraction of sp³-hybridized carbons (Fsp3) is 0.150. The van der Waals surface area contributed by atoms with Crippen LogP contribution in [0.4, 0.5) is 5.13 Å². The minimum atomic E-state index is -0.136. The zero-order valence-corrected chi connectivity index (χ0v) is 16.6. The number of nitrogens with zero attached hydrogens (tertiary/aromatic N) is 3. The Hall–Kier alpha value is -2.70. The zero-order valence-electron chi connectivity index (χ0n) is 15.1. The highest BCUT2D eigenvalue weighted by atomic mass is 35.5. The number of nitrogens with one attached hydrogen (secondary N) is 1. The maximum atomic E-state index is 12.8. The Kier molecular flexibility index (Phi) is 4.45. The molecule has 5 nitrogen and oxygen atoms in total. The van der Waals surface area contributed by atoms with Crippen molar-refractivity contribution in [1.82, 2.24) is 14.8 Å². The Morgan fingerprint density at radius 3 is 2.74 bits per heavy atom. The number of hydrogen-bond acceptors (Lipinski definition) is 4. The quantitative estimate of drug-likeness (QED) is 0.489. The average molecular weight is 397 g/mol. The molecule has 0 aliphatic rings. The number of H-pyrrole nitrogens is 1. The summed E-state index contributed by atoms with van der Waals surface area (Å²) in [4.78, 5) is 21.7. The van der Waals surface area contributed by atoms with Gasteiger partial charge in [0.05, 0.1) is 21.5 Å². The number of benzene rings is 2. The molecule has 0 spiro atoms. The van der Waals surface area contributed by atoms with Crippen LogP contribution in [-0.4, -0.2) is 21.0 Å². The summed E-state index contributed by atoms with van der Waals surface area (Å²) in [5, 5.41) is 4.38. The number of aromatic nitrogens is 3. The van der Waals surface area contributed by atoms with Crippen LogP contribution in [0.15, 0.2) is 46.2 Å². The molecule has 0 saturated heterocycles. The summed E-state index contributed by atoms with van der Waals surface area (Å²) in [5.74, 6) is 0. The standard InChI is InChI=1S/C20H17ClN4OS/c1-11-4-6-15(8-12(11)2)25-19(26)16(13(3)24-25)10-22-20-23-17-7-5-14(21)9-18(17)27-20/h4-10,24H,1-3H3. The van der Waals surface area contributed by atoms with Crippen molar-refractivity contribution in [1.29, 1.82) is 0 Å². The number of hydrogen-bond donors (Lipinski definition) is 1. The minimum absolute atomic E-state index is 0.136. The molecule has 136 valence electrons. The van der Waals surface area contributed by atoms with Gasteiger partial charge in [0.2, 0.25) is 5.13 Å². The summed E-state index contributed by atoms with van der Waals surface area (Å²) in [6.45, 7) is 5.94. The molecular weight excluding hydrogens is 380 g/mol. The predicted octanol–water partition coefficient (Wildman–Crippen LogP) is 5.10. The van der Waals surface area contributed by atoms with Gasteiger partial charge in [-0.3, -0.25) is 9.89 Å². The van der Waals surface area contributed by atoms with Crippen LogP contribution >= 0.6 is 22.9 Å². The van der Waals surface area contributed by atoms with Gasteiger partial charge in [0.15, 0.2) is 0 Å². The number of thiazole rings is 1. The molecule has 0 aliphatic heterocycles. The molecule has 27 heavy (non-hydrogen) atoms. The molecule has 0 bridgehead atoms. The lowest BCUT2D eigenvalue weighted by Crippen LogP contribution is -2.17. The first-order valence-corrected chi connectivity index (χ1v) is 9.61. The molecule has 0 aliphatic carbocycles. The molecule has 0 amide bonds. The fourth-order valence-electron chi connectivity index (χ4n) is 2.82. The highest BCUT2D eigenvalue weighted by Crippen LogP contribution is 2.29. The Morgan fingerprint density at radius 1 is 1.15 bits per heavy atom. The Bertz CT molecular complexity index is 1250. The Balaban J connectivity index is 1.71. The van der Waals surface area contributed by atoms with E-state index in [0.717, 1.165) is 27.2 Å². The van der Waals surface area contributed by atoms with Crippen molar-refractivity contribution in [3.05, 3.63) is 74.2 Å². The molecule has 4 aromatic rings. The second-order valence-electron chi connectivity index (χ2n) is 6.43. The maximum absolute atomic E-state index is 12.8. The Morgan fingerprint density at radius 2 is 1.96 bits per heavy atom. The normalized spacial score (nSPS) is 11.7. The second-order valence-corrected chi connectivity index (χ2v) is 7.87. The van der Waals surface area contributed by atoms with Gasteiger partial charge >= 0.3 is 0 Å². The summed E-state index contributed by atoms with van der Waals surface area (Å²) in [5.41, 5.74) is 5.11. The number of halogens is 1. The van der Waals surface area contributed by atoms with Gasteiger partial charge in [-0.2, -0.15) is 0 Å². The smallest absolute Gasteiger partial charge is 0.280 e. The van der Waals surface area contributed by atoms with Crippen molar-refractivity contribution in [3.8, 4) is 5.69 Å². The minimum Gasteiger partial charge on any atom is -0.295 e. The van der Waals surface area contributed by atoms with Gasteiger partial charge in [-0.05, 0) is 62.2 Å². The van der Waals surface area contributed by atoms with Gasteiger partial charge in [-0.1, -0.05) is 29.0 Å². The summed E-state index contributed by atoms with van der Waals surface area (Å²) < 4.78 is 2.51. The third-order valence-electron chi connectivity index (χ3n) is 4.51. The van der Waals surface area contributed by atoms with E-state index in [4.69, 9.17) is 11.6 Å². The third-order valence-corrected chi connectivity index (χ3v) is 5.67. The van der Waals surface area contributed by atoms with Gasteiger partial charge in [-0.15, -0.1) is 0 Å². The van der Waals surface area contributed by atoms with Crippen molar-refractivity contribution in [2.45, 2.75) is 20.8 Å². The van der Waals surface area contributed by atoms with Crippen LogP contribution in [0.3, 0.4) is 0 Å². The molecule has 0 unspecified atom stereocenters. The van der Waals surface area contributed by atoms with E-state index < -0.39 is 0 Å². The summed E-state index contributed by atoms with van der Waals surface area (Å²) in [7, 11) is 0. The largest absolute Gasteiger partial charge is 0.295 e. The third kappa shape index (κ3) is 3.34. The van der Waals surface area contributed by atoms with Crippen molar-refractivity contribution in [2.24, 2.45) is 4.99 Å². The molecular formula is C20H17ClN4OS. The van der Waals surface area contributed by atoms with Crippen LogP contribution in [0.2, 0.25) is 5.02 Å². The van der Waals surface area contributed by atoms with Crippen molar-refractivity contribution in [3.63, 3.8) is 0 Å². The topological polar surface area (TPSA) is 63.0 Å². The molecule has 0 radical (unpaired) electrons. The molecule has 0 atom stereocenters. The van der Waals surface area contributed by atoms with E-state index in [1.165, 1.54) is 16.9 Å².